The second-order valence-electron chi connectivity index (χ2n) is 6.35. The van der Waals surface area contributed by atoms with E-state index in [1.807, 2.05) is 17.8 Å². The highest BCUT2D eigenvalue weighted by molar-refractivity contribution is 7.09. The Hall–Kier alpha value is -2.32. The lowest BCUT2D eigenvalue weighted by atomic mass is 10.1. The Labute approximate surface area is 150 Å². The van der Waals surface area contributed by atoms with E-state index in [2.05, 4.69) is 47.9 Å². The molecule has 1 N–H and O–H groups in total. The first-order valence-corrected chi connectivity index (χ1v) is 9.29. The third-order valence-electron chi connectivity index (χ3n) is 4.46. The maximum atomic E-state index is 4.49. The van der Waals surface area contributed by atoms with Crippen LogP contribution >= 0.6 is 11.3 Å². The molecular formula is C17H21N7S. The van der Waals surface area contributed by atoms with Gasteiger partial charge in [-0.25, -0.2) is 15.0 Å². The van der Waals surface area contributed by atoms with Crippen molar-refractivity contribution in [2.45, 2.75) is 26.6 Å². The molecule has 8 heteroatoms. The van der Waals surface area contributed by atoms with Gasteiger partial charge in [0.25, 0.3) is 0 Å². The minimum Gasteiger partial charge on any atom is -0.354 e. The Morgan fingerprint density at radius 2 is 2.08 bits per heavy atom. The molecule has 4 rings (SSSR count). The van der Waals surface area contributed by atoms with E-state index in [-0.39, 0.29) is 0 Å². The van der Waals surface area contributed by atoms with E-state index >= 15 is 0 Å². The zero-order valence-corrected chi connectivity index (χ0v) is 15.0. The van der Waals surface area contributed by atoms with Crippen molar-refractivity contribution in [1.29, 1.82) is 0 Å². The highest BCUT2D eigenvalue weighted by Crippen LogP contribution is 2.21. The minimum atomic E-state index is 0.429. The number of hydrogen-bond donors (Lipinski definition) is 1. The van der Waals surface area contributed by atoms with E-state index < -0.39 is 0 Å². The van der Waals surface area contributed by atoms with Crippen molar-refractivity contribution in [2.75, 3.05) is 18.4 Å². The molecule has 0 bridgehead atoms. The summed E-state index contributed by atoms with van der Waals surface area (Å²) in [4.78, 5) is 16.7. The van der Waals surface area contributed by atoms with Gasteiger partial charge in [-0.3, -0.25) is 9.58 Å². The molecule has 0 spiro atoms. The third kappa shape index (κ3) is 3.85. The predicted molar refractivity (Wildman–Crippen MR) is 97.2 cm³/mol. The summed E-state index contributed by atoms with van der Waals surface area (Å²) in [5.74, 6) is 1.11. The summed E-state index contributed by atoms with van der Waals surface area (Å²) < 4.78 is 2.12. The summed E-state index contributed by atoms with van der Waals surface area (Å²) in [6.07, 6.45) is 5.40. The van der Waals surface area contributed by atoms with Crippen molar-refractivity contribution in [2.24, 2.45) is 5.92 Å². The highest BCUT2D eigenvalue weighted by atomic mass is 32.1. The molecule has 3 aromatic rings. The molecular weight excluding hydrogens is 334 g/mol. The molecule has 0 unspecified atom stereocenters. The van der Waals surface area contributed by atoms with E-state index in [0.29, 0.717) is 11.9 Å². The van der Waals surface area contributed by atoms with E-state index in [1.54, 1.807) is 23.7 Å². The fraction of sp³-hybridized carbons (Fsp3) is 0.412. The molecule has 25 heavy (non-hydrogen) atoms. The number of nitrogens with zero attached hydrogens (tertiary/aromatic N) is 6. The van der Waals surface area contributed by atoms with Crippen LogP contribution in [0, 0.1) is 12.8 Å². The number of fused-ring (bicyclic) bond motifs is 1. The van der Waals surface area contributed by atoms with Gasteiger partial charge in [0.2, 0.25) is 5.95 Å². The van der Waals surface area contributed by atoms with Crippen LogP contribution in [0.25, 0.3) is 0 Å². The number of anilines is 1. The van der Waals surface area contributed by atoms with Crippen molar-refractivity contribution < 1.29 is 0 Å². The monoisotopic (exact) mass is 355 g/mol. The molecule has 1 aliphatic heterocycles. The Kier molecular flexibility index (Phi) is 4.71. The summed E-state index contributed by atoms with van der Waals surface area (Å²) in [6.45, 7) is 6.65. The lowest BCUT2D eigenvalue weighted by molar-refractivity contribution is 0.227. The molecule has 0 saturated heterocycles. The van der Waals surface area contributed by atoms with Crippen LogP contribution in [0.1, 0.15) is 16.3 Å². The molecule has 130 valence electrons. The molecule has 1 atom stereocenters. The van der Waals surface area contributed by atoms with Crippen LogP contribution in [-0.2, 0) is 19.6 Å². The summed E-state index contributed by atoms with van der Waals surface area (Å²) >= 11 is 1.73. The SMILES string of the molecule is Cc1ncsc1CN1Cc2ccnn2C[C@H](CNc2ncccn2)C1. The first-order valence-electron chi connectivity index (χ1n) is 8.41. The fourth-order valence-corrected chi connectivity index (χ4v) is 3.99. The molecule has 1 aliphatic rings. The molecule has 0 saturated carbocycles. The van der Waals surface area contributed by atoms with Gasteiger partial charge in [0.05, 0.1) is 16.9 Å². The van der Waals surface area contributed by atoms with E-state index in [4.69, 9.17) is 0 Å². The van der Waals surface area contributed by atoms with E-state index in [9.17, 15) is 0 Å². The van der Waals surface area contributed by atoms with Crippen molar-refractivity contribution >= 4 is 17.3 Å². The van der Waals surface area contributed by atoms with Crippen molar-refractivity contribution in [1.82, 2.24) is 29.6 Å². The van der Waals surface area contributed by atoms with Gasteiger partial charge in [-0.15, -0.1) is 11.3 Å². The number of hydrogen-bond acceptors (Lipinski definition) is 7. The highest BCUT2D eigenvalue weighted by Gasteiger charge is 2.23. The van der Waals surface area contributed by atoms with Crippen LogP contribution in [0.2, 0.25) is 0 Å². The van der Waals surface area contributed by atoms with E-state index in [0.717, 1.165) is 38.4 Å². The molecule has 0 radical (unpaired) electrons. The molecule has 0 amide bonds. The lowest BCUT2D eigenvalue weighted by Gasteiger charge is -2.23. The maximum absolute atomic E-state index is 4.49. The molecule has 0 aromatic carbocycles. The first kappa shape index (κ1) is 16.2. The summed E-state index contributed by atoms with van der Waals surface area (Å²) in [5.41, 5.74) is 4.33. The van der Waals surface area contributed by atoms with Gasteiger partial charge in [-0.1, -0.05) is 0 Å². The van der Waals surface area contributed by atoms with Crippen molar-refractivity contribution in [3.8, 4) is 0 Å². The number of nitrogens with one attached hydrogen (secondary N) is 1. The zero-order valence-electron chi connectivity index (χ0n) is 14.2. The minimum absolute atomic E-state index is 0.429. The second-order valence-corrected chi connectivity index (χ2v) is 7.29. The van der Waals surface area contributed by atoms with Gasteiger partial charge in [0.15, 0.2) is 0 Å². The summed E-state index contributed by atoms with van der Waals surface area (Å²) in [6, 6.07) is 3.94. The molecule has 3 aromatic heterocycles. The predicted octanol–water partition coefficient (Wildman–Crippen LogP) is 2.18. The van der Waals surface area contributed by atoms with E-state index in [1.165, 1.54) is 10.6 Å². The Bertz CT molecular complexity index is 813. The lowest BCUT2D eigenvalue weighted by Crippen LogP contribution is -2.31. The first-order chi connectivity index (χ1) is 12.3. The van der Waals surface area contributed by atoms with Gasteiger partial charge in [0.1, 0.15) is 0 Å². The standard InChI is InChI=1S/C17H21N7S/c1-13-16(25-12-21-13)11-23-8-14(7-20-17-18-4-2-5-19-17)9-24-15(10-23)3-6-22-24/h2-6,12,14H,7-11H2,1H3,(H,18,19,20)/t14-/m1/s1. The van der Waals surface area contributed by atoms with Crippen molar-refractivity contribution in [3.63, 3.8) is 0 Å². The number of aryl methyl sites for hydroxylation is 1. The van der Waals surface area contributed by atoms with Crippen LogP contribution in [0.15, 0.2) is 36.2 Å². The quantitative estimate of drug-likeness (QED) is 0.756. The topological polar surface area (TPSA) is 71.8 Å². The van der Waals surface area contributed by atoms with Gasteiger partial charge >= 0.3 is 0 Å². The normalized spacial score (nSPS) is 17.9. The zero-order chi connectivity index (χ0) is 17.1. The smallest absolute Gasteiger partial charge is 0.222 e. The van der Waals surface area contributed by atoms with Gasteiger partial charge in [-0.2, -0.15) is 5.10 Å². The molecule has 0 fully saturated rings. The average Bonchev–Trinajstić information content (AvgIpc) is 3.19. The van der Waals surface area contributed by atoms with Crippen LogP contribution in [-0.4, -0.2) is 42.7 Å². The van der Waals surface area contributed by atoms with Crippen LogP contribution in [0.4, 0.5) is 5.95 Å². The van der Waals surface area contributed by atoms with Crippen LogP contribution < -0.4 is 5.32 Å². The van der Waals surface area contributed by atoms with Crippen molar-refractivity contribution in [3.05, 3.63) is 52.5 Å². The largest absolute Gasteiger partial charge is 0.354 e. The number of aromatic nitrogens is 5. The summed E-state index contributed by atoms with van der Waals surface area (Å²) in [7, 11) is 0. The Morgan fingerprint density at radius 1 is 1.20 bits per heavy atom. The van der Waals surface area contributed by atoms with Gasteiger partial charge in [0, 0.05) is 62.1 Å². The van der Waals surface area contributed by atoms with Crippen LogP contribution in [0.5, 0.6) is 0 Å². The summed E-state index contributed by atoms with van der Waals surface area (Å²) in [5, 5.41) is 7.85. The maximum Gasteiger partial charge on any atom is 0.222 e. The Morgan fingerprint density at radius 3 is 2.88 bits per heavy atom. The molecule has 0 aliphatic carbocycles. The van der Waals surface area contributed by atoms with Crippen LogP contribution in [0.3, 0.4) is 0 Å². The molecule has 4 heterocycles. The third-order valence-corrected chi connectivity index (χ3v) is 5.38. The second kappa shape index (κ2) is 7.28. The average molecular weight is 355 g/mol. The van der Waals surface area contributed by atoms with Gasteiger partial charge < -0.3 is 5.32 Å². The number of thiazole rings is 1. The molecule has 7 nitrogen and oxygen atoms in total. The fourth-order valence-electron chi connectivity index (χ4n) is 3.18. The Balaban J connectivity index is 1.48. The van der Waals surface area contributed by atoms with Gasteiger partial charge in [-0.05, 0) is 19.1 Å². The number of rotatable bonds is 5.